The first-order valence-electron chi connectivity index (χ1n) is 6.03. The van der Waals surface area contributed by atoms with Crippen LogP contribution in [0.25, 0.3) is 0 Å². The maximum Gasteiger partial charge on any atom is -0.00390 e. The van der Waals surface area contributed by atoms with Crippen molar-refractivity contribution in [1.82, 2.24) is 6.15 Å². The first-order valence-corrected chi connectivity index (χ1v) is 7.18. The second-order valence-electron chi connectivity index (χ2n) is 4.84. The van der Waals surface area contributed by atoms with Gasteiger partial charge < -0.3 is 6.15 Å². The highest BCUT2D eigenvalue weighted by Crippen LogP contribution is 2.32. The number of hydrogen-bond donors (Lipinski definition) is 1. The fourth-order valence-electron chi connectivity index (χ4n) is 2.76. The Morgan fingerprint density at radius 1 is 0.714 bits per heavy atom. The summed E-state index contributed by atoms with van der Waals surface area (Å²) in [4.78, 5) is 0. The lowest BCUT2D eigenvalue weighted by Gasteiger charge is -2.11. The molecule has 2 saturated carbocycles. The lowest BCUT2D eigenvalue weighted by Crippen LogP contribution is -2.02. The maximum atomic E-state index is 2.25. The number of thioether (sulfide) groups is 1. The van der Waals surface area contributed by atoms with Gasteiger partial charge in [0, 0.05) is 0 Å². The predicted octanol–water partition coefficient (Wildman–Crippen LogP) is 4.26. The van der Waals surface area contributed by atoms with Gasteiger partial charge in [-0.1, -0.05) is 25.7 Å². The van der Waals surface area contributed by atoms with Crippen LogP contribution in [-0.4, -0.2) is 11.5 Å². The minimum atomic E-state index is 0. The Kier molecular flexibility index (Phi) is 5.95. The first kappa shape index (κ1) is 12.4. The van der Waals surface area contributed by atoms with E-state index in [1.54, 1.807) is 0 Å². The summed E-state index contributed by atoms with van der Waals surface area (Å²) in [5.41, 5.74) is 0. The molecule has 0 amide bonds. The van der Waals surface area contributed by atoms with E-state index in [1.807, 2.05) is 0 Å². The molecule has 0 unspecified atom stereocenters. The fraction of sp³-hybridized carbons (Fsp3) is 1.00. The average Bonchev–Trinajstić information content (AvgIpc) is 2.75. The molecule has 2 aliphatic carbocycles. The van der Waals surface area contributed by atoms with Crippen LogP contribution in [-0.2, 0) is 0 Å². The van der Waals surface area contributed by atoms with Crippen molar-refractivity contribution in [3.63, 3.8) is 0 Å². The van der Waals surface area contributed by atoms with Crippen molar-refractivity contribution >= 4 is 11.8 Å². The summed E-state index contributed by atoms with van der Waals surface area (Å²) in [6.07, 6.45) is 12.1. The highest BCUT2D eigenvalue weighted by Gasteiger charge is 2.17. The van der Waals surface area contributed by atoms with E-state index in [0.717, 1.165) is 11.8 Å². The van der Waals surface area contributed by atoms with Crippen LogP contribution in [0.2, 0.25) is 0 Å². The van der Waals surface area contributed by atoms with E-state index >= 15 is 0 Å². The van der Waals surface area contributed by atoms with Gasteiger partial charge in [0.05, 0.1) is 0 Å². The Bertz CT molecular complexity index is 121. The fourth-order valence-corrected chi connectivity index (χ4v) is 4.22. The average molecular weight is 215 g/mol. The van der Waals surface area contributed by atoms with E-state index in [4.69, 9.17) is 0 Å². The SMILES string of the molecule is C1CCC(CSCC2CCCC2)C1.N. The van der Waals surface area contributed by atoms with Crippen LogP contribution in [0.4, 0.5) is 0 Å². The van der Waals surface area contributed by atoms with E-state index in [9.17, 15) is 0 Å². The minimum absolute atomic E-state index is 0. The molecule has 2 heteroatoms. The van der Waals surface area contributed by atoms with Gasteiger partial charge in [0.2, 0.25) is 0 Å². The van der Waals surface area contributed by atoms with Gasteiger partial charge in [-0.15, -0.1) is 0 Å². The molecule has 0 aromatic rings. The molecule has 0 heterocycles. The van der Waals surface area contributed by atoms with Crippen molar-refractivity contribution in [3.05, 3.63) is 0 Å². The molecular weight excluding hydrogens is 190 g/mol. The van der Waals surface area contributed by atoms with Gasteiger partial charge in [-0.05, 0) is 49.0 Å². The second-order valence-corrected chi connectivity index (χ2v) is 5.91. The van der Waals surface area contributed by atoms with Gasteiger partial charge >= 0.3 is 0 Å². The summed E-state index contributed by atoms with van der Waals surface area (Å²) in [6, 6.07) is 0. The van der Waals surface area contributed by atoms with Crippen LogP contribution in [0.5, 0.6) is 0 Å². The third-order valence-electron chi connectivity index (χ3n) is 3.66. The van der Waals surface area contributed by atoms with Gasteiger partial charge in [0.1, 0.15) is 0 Å². The largest absolute Gasteiger partial charge is 0.344 e. The normalized spacial score (nSPS) is 24.0. The molecule has 1 nitrogen and oxygen atoms in total. The van der Waals surface area contributed by atoms with E-state index in [-0.39, 0.29) is 6.15 Å². The Morgan fingerprint density at radius 3 is 1.43 bits per heavy atom. The van der Waals surface area contributed by atoms with Crippen molar-refractivity contribution in [2.75, 3.05) is 11.5 Å². The Balaban J connectivity index is 0.000000980. The molecule has 2 fully saturated rings. The van der Waals surface area contributed by atoms with Gasteiger partial charge in [0.25, 0.3) is 0 Å². The molecule has 0 radical (unpaired) electrons. The molecule has 2 rings (SSSR count). The summed E-state index contributed by atoms with van der Waals surface area (Å²) in [7, 11) is 0. The van der Waals surface area contributed by atoms with Crippen LogP contribution in [0.3, 0.4) is 0 Å². The molecule has 0 aliphatic heterocycles. The summed E-state index contributed by atoms with van der Waals surface area (Å²) < 4.78 is 0. The predicted molar refractivity (Wildman–Crippen MR) is 66.3 cm³/mol. The van der Waals surface area contributed by atoms with Crippen molar-refractivity contribution in [3.8, 4) is 0 Å². The zero-order valence-corrected chi connectivity index (χ0v) is 10.2. The summed E-state index contributed by atoms with van der Waals surface area (Å²) in [5.74, 6) is 5.12. The smallest absolute Gasteiger partial charge is 0.00390 e. The van der Waals surface area contributed by atoms with E-state index < -0.39 is 0 Å². The zero-order valence-electron chi connectivity index (χ0n) is 9.34. The quantitative estimate of drug-likeness (QED) is 0.760. The standard InChI is InChI=1S/C12H22S.H3N/c1-2-6-11(5-1)9-13-10-12-7-3-4-8-12;/h11-12H,1-10H2;1H3. The summed E-state index contributed by atoms with van der Waals surface area (Å²) in [5, 5.41) is 0. The molecule has 0 spiro atoms. The van der Waals surface area contributed by atoms with E-state index in [0.29, 0.717) is 0 Å². The third kappa shape index (κ3) is 3.82. The van der Waals surface area contributed by atoms with E-state index in [2.05, 4.69) is 11.8 Å². The zero-order chi connectivity index (χ0) is 8.93. The maximum absolute atomic E-state index is 2.25. The molecule has 84 valence electrons. The Morgan fingerprint density at radius 2 is 1.07 bits per heavy atom. The molecule has 14 heavy (non-hydrogen) atoms. The molecule has 2 aliphatic rings. The minimum Gasteiger partial charge on any atom is -0.344 e. The molecule has 0 atom stereocenters. The highest BCUT2D eigenvalue weighted by molar-refractivity contribution is 7.99. The topological polar surface area (TPSA) is 35.0 Å². The van der Waals surface area contributed by atoms with Gasteiger partial charge in [-0.2, -0.15) is 11.8 Å². The molecule has 3 N–H and O–H groups in total. The van der Waals surface area contributed by atoms with Gasteiger partial charge in [-0.3, -0.25) is 0 Å². The van der Waals surface area contributed by atoms with Crippen molar-refractivity contribution in [2.45, 2.75) is 51.4 Å². The van der Waals surface area contributed by atoms with Crippen LogP contribution in [0.1, 0.15) is 51.4 Å². The molecular formula is C12H25NS. The van der Waals surface area contributed by atoms with Crippen LogP contribution >= 0.6 is 11.8 Å². The van der Waals surface area contributed by atoms with Crippen LogP contribution in [0, 0.1) is 11.8 Å². The first-order chi connectivity index (χ1) is 6.45. The number of hydrogen-bond acceptors (Lipinski definition) is 2. The lowest BCUT2D eigenvalue weighted by molar-refractivity contribution is 0.607. The van der Waals surface area contributed by atoms with Gasteiger partial charge in [0.15, 0.2) is 0 Å². The van der Waals surface area contributed by atoms with E-state index in [1.165, 1.54) is 62.9 Å². The van der Waals surface area contributed by atoms with Crippen LogP contribution < -0.4 is 6.15 Å². The molecule has 0 bridgehead atoms. The summed E-state index contributed by atoms with van der Waals surface area (Å²) in [6.45, 7) is 0. The Hall–Kier alpha value is 0.310. The lowest BCUT2D eigenvalue weighted by atomic mass is 10.1. The van der Waals surface area contributed by atoms with Crippen LogP contribution in [0.15, 0.2) is 0 Å². The highest BCUT2D eigenvalue weighted by atomic mass is 32.2. The van der Waals surface area contributed by atoms with Crippen molar-refractivity contribution in [2.24, 2.45) is 11.8 Å². The Labute approximate surface area is 93.0 Å². The monoisotopic (exact) mass is 215 g/mol. The number of rotatable bonds is 4. The molecule has 0 aromatic carbocycles. The second kappa shape index (κ2) is 6.73. The third-order valence-corrected chi connectivity index (χ3v) is 5.07. The van der Waals surface area contributed by atoms with Gasteiger partial charge in [-0.25, -0.2) is 0 Å². The molecule has 0 aromatic heterocycles. The molecule has 0 saturated heterocycles. The summed E-state index contributed by atoms with van der Waals surface area (Å²) >= 11 is 2.25. The van der Waals surface area contributed by atoms with Crippen molar-refractivity contribution in [1.29, 1.82) is 0 Å². The van der Waals surface area contributed by atoms with Crippen molar-refractivity contribution < 1.29 is 0 Å².